The topological polar surface area (TPSA) is 108 Å². The molecule has 0 radical (unpaired) electrons. The van der Waals surface area contributed by atoms with Gasteiger partial charge in [0.15, 0.2) is 0 Å². The van der Waals surface area contributed by atoms with Crippen molar-refractivity contribution in [1.29, 1.82) is 0 Å². The molecule has 0 saturated heterocycles. The molecule has 1 amide bonds. The predicted octanol–water partition coefficient (Wildman–Crippen LogP) is 7.78. The number of pyridine rings is 1. The first kappa shape index (κ1) is 32.9. The van der Waals surface area contributed by atoms with E-state index in [0.717, 1.165) is 43.1 Å². The highest BCUT2D eigenvalue weighted by molar-refractivity contribution is 7.14. The average molecular weight is 611 g/mol. The van der Waals surface area contributed by atoms with Crippen molar-refractivity contribution in [3.63, 3.8) is 0 Å². The third kappa shape index (κ3) is 9.48. The molecule has 1 aromatic carbocycles. The maximum atomic E-state index is 15.0. The zero-order valence-corrected chi connectivity index (χ0v) is 24.1. The van der Waals surface area contributed by atoms with Crippen LogP contribution in [0.15, 0.2) is 42.7 Å². The molecule has 3 aromatic rings. The number of aryl methyl sites for hydroxylation is 1. The summed E-state index contributed by atoms with van der Waals surface area (Å²) in [6.45, 7) is 1.55. The molecule has 0 fully saturated rings. The Bertz CT molecular complexity index is 1300. The lowest BCUT2D eigenvalue weighted by Crippen LogP contribution is -2.28. The molecule has 3 rings (SSSR count). The summed E-state index contributed by atoms with van der Waals surface area (Å²) < 4.78 is 67.4. The van der Waals surface area contributed by atoms with E-state index in [1.807, 2.05) is 0 Å². The van der Waals surface area contributed by atoms with Gasteiger partial charge >= 0.3 is 18.2 Å². The van der Waals surface area contributed by atoms with Gasteiger partial charge in [0.05, 0.1) is 11.3 Å². The Morgan fingerprint density at radius 1 is 1.05 bits per heavy atom. The number of aromatic nitrogens is 2. The van der Waals surface area contributed by atoms with Gasteiger partial charge in [-0.1, -0.05) is 56.4 Å². The molecule has 0 bridgehead atoms. The zero-order chi connectivity index (χ0) is 30.5. The summed E-state index contributed by atoms with van der Waals surface area (Å²) in [6, 6.07) is 6.58. The monoisotopic (exact) mass is 610 g/mol. The van der Waals surface area contributed by atoms with Crippen LogP contribution in [0.2, 0.25) is 0 Å². The van der Waals surface area contributed by atoms with Crippen molar-refractivity contribution in [3.8, 4) is 11.3 Å². The highest BCUT2D eigenvalue weighted by atomic mass is 32.1. The molecular formula is C29H34F4N4O4S. The van der Waals surface area contributed by atoms with Gasteiger partial charge in [-0.05, 0) is 55.6 Å². The molecule has 228 valence electrons. The lowest BCUT2D eigenvalue weighted by atomic mass is 9.99. The van der Waals surface area contributed by atoms with E-state index in [-0.39, 0.29) is 41.5 Å². The van der Waals surface area contributed by atoms with E-state index in [1.165, 1.54) is 24.5 Å². The largest absolute Gasteiger partial charge is 0.428 e. The van der Waals surface area contributed by atoms with Gasteiger partial charge in [0, 0.05) is 24.4 Å². The van der Waals surface area contributed by atoms with E-state index in [0.29, 0.717) is 29.7 Å². The maximum Gasteiger partial charge on any atom is 0.423 e. The van der Waals surface area contributed by atoms with Crippen LogP contribution in [0.1, 0.15) is 69.4 Å². The summed E-state index contributed by atoms with van der Waals surface area (Å²) in [4.78, 5) is 33.8. The van der Waals surface area contributed by atoms with Crippen LogP contribution >= 0.6 is 11.3 Å². The summed E-state index contributed by atoms with van der Waals surface area (Å²) in [5.41, 5.74) is 4.48. The molecular weight excluding hydrogens is 576 g/mol. The number of hydrogen-bond acceptors (Lipinski definition) is 8. The number of hydrogen-bond donors (Lipinski definition) is 1. The first-order chi connectivity index (χ1) is 20.2. The van der Waals surface area contributed by atoms with Crippen LogP contribution in [0.3, 0.4) is 0 Å². The molecule has 2 heterocycles. The highest BCUT2D eigenvalue weighted by Crippen LogP contribution is 2.40. The standard InChI is InChI=1S/C29H34F4N4O4S/c1-2-3-4-5-6-7-10-20-13-14-22(17-23(20)29(31,32)33)37(28(39)41-19-40-24(38)12-8-15-34)27-36-25(26(30)42-27)21-11-9-16-35-18-21/h9,11,13-14,16-18H,2-8,10,12,15,19,34H2,1H3. The van der Waals surface area contributed by atoms with Gasteiger partial charge in [-0.2, -0.15) is 17.6 Å². The number of nitrogens with two attached hydrogens (primary N) is 1. The number of nitrogens with zero attached hydrogens (tertiary/aromatic N) is 3. The van der Waals surface area contributed by atoms with E-state index < -0.39 is 35.7 Å². The van der Waals surface area contributed by atoms with Gasteiger partial charge in [0.2, 0.25) is 17.1 Å². The Morgan fingerprint density at radius 2 is 1.81 bits per heavy atom. The minimum absolute atomic E-state index is 0.00106. The summed E-state index contributed by atoms with van der Waals surface area (Å²) in [7, 11) is 0. The number of halogens is 4. The number of alkyl halides is 3. The van der Waals surface area contributed by atoms with Crippen LogP contribution < -0.4 is 10.6 Å². The number of rotatable bonds is 15. The van der Waals surface area contributed by atoms with E-state index in [4.69, 9.17) is 15.2 Å². The number of amides is 1. The number of anilines is 2. The van der Waals surface area contributed by atoms with Gasteiger partial charge in [-0.25, -0.2) is 14.7 Å². The smallest absolute Gasteiger partial charge is 0.423 e. The quantitative estimate of drug-likeness (QED) is 0.0810. The molecule has 2 N–H and O–H groups in total. The molecule has 8 nitrogen and oxygen atoms in total. The molecule has 0 unspecified atom stereocenters. The molecule has 0 aliphatic rings. The van der Waals surface area contributed by atoms with Gasteiger partial charge in [-0.3, -0.25) is 9.78 Å². The second-order valence-electron chi connectivity index (χ2n) is 9.49. The van der Waals surface area contributed by atoms with E-state index in [9.17, 15) is 27.2 Å². The molecule has 0 atom stereocenters. The Balaban J connectivity index is 1.92. The van der Waals surface area contributed by atoms with Gasteiger partial charge in [0.25, 0.3) is 0 Å². The highest BCUT2D eigenvalue weighted by Gasteiger charge is 2.35. The van der Waals surface area contributed by atoms with E-state index in [2.05, 4.69) is 16.9 Å². The van der Waals surface area contributed by atoms with Crippen LogP contribution in [0.5, 0.6) is 0 Å². The van der Waals surface area contributed by atoms with Crippen molar-refractivity contribution in [2.45, 2.75) is 70.9 Å². The molecule has 0 saturated carbocycles. The van der Waals surface area contributed by atoms with Gasteiger partial charge in [0.1, 0.15) is 5.69 Å². The second kappa shape index (κ2) is 16.2. The first-order valence-electron chi connectivity index (χ1n) is 13.7. The maximum absolute atomic E-state index is 15.0. The van der Waals surface area contributed by atoms with E-state index >= 15 is 0 Å². The molecule has 42 heavy (non-hydrogen) atoms. The van der Waals surface area contributed by atoms with Crippen LogP contribution in [0, 0.1) is 5.13 Å². The van der Waals surface area contributed by atoms with Crippen LogP contribution in [0.25, 0.3) is 11.3 Å². The number of benzene rings is 1. The third-order valence-electron chi connectivity index (χ3n) is 6.33. The van der Waals surface area contributed by atoms with Crippen molar-refractivity contribution in [2.24, 2.45) is 5.73 Å². The van der Waals surface area contributed by atoms with Crippen molar-refractivity contribution in [1.82, 2.24) is 9.97 Å². The van der Waals surface area contributed by atoms with Gasteiger partial charge < -0.3 is 15.2 Å². The van der Waals surface area contributed by atoms with Crippen molar-refractivity contribution >= 4 is 34.2 Å². The Labute approximate surface area is 245 Å². The fourth-order valence-corrected chi connectivity index (χ4v) is 5.00. The fraction of sp³-hybridized carbons (Fsp3) is 0.448. The molecule has 0 aliphatic heterocycles. The zero-order valence-electron chi connectivity index (χ0n) is 23.3. The lowest BCUT2D eigenvalue weighted by Gasteiger charge is -2.22. The summed E-state index contributed by atoms with van der Waals surface area (Å²) in [6.07, 6.45) is 3.02. The number of ether oxygens (including phenoxy) is 2. The second-order valence-corrected chi connectivity index (χ2v) is 10.4. The Kier molecular flexibility index (Phi) is 12.7. The van der Waals surface area contributed by atoms with Gasteiger partial charge in [-0.15, -0.1) is 0 Å². The number of carbonyl (C=O) groups is 2. The Morgan fingerprint density at radius 3 is 2.50 bits per heavy atom. The predicted molar refractivity (Wildman–Crippen MR) is 152 cm³/mol. The van der Waals surface area contributed by atoms with Crippen molar-refractivity contribution in [2.75, 3.05) is 18.2 Å². The summed E-state index contributed by atoms with van der Waals surface area (Å²) in [5, 5.41) is -1.05. The number of thiazole rings is 1. The summed E-state index contributed by atoms with van der Waals surface area (Å²) >= 11 is 0.449. The SMILES string of the molecule is CCCCCCCCc1ccc(N(C(=O)OCOC(=O)CCCN)c2nc(-c3cccnc3)c(F)s2)cc1C(F)(F)F. The third-order valence-corrected chi connectivity index (χ3v) is 7.16. The van der Waals surface area contributed by atoms with E-state index in [1.54, 1.807) is 12.1 Å². The summed E-state index contributed by atoms with van der Waals surface area (Å²) in [5.74, 6) is -0.669. The van der Waals surface area contributed by atoms with Crippen LogP contribution in [-0.2, 0) is 26.9 Å². The van der Waals surface area contributed by atoms with Crippen molar-refractivity contribution in [3.05, 3.63) is 59.0 Å². The normalized spacial score (nSPS) is 11.4. The number of esters is 1. The van der Waals surface area contributed by atoms with Crippen molar-refractivity contribution < 1.29 is 36.6 Å². The molecule has 13 heteroatoms. The number of carbonyl (C=O) groups excluding carboxylic acids is 2. The molecule has 0 aliphatic carbocycles. The molecule has 0 spiro atoms. The lowest BCUT2D eigenvalue weighted by molar-refractivity contribution is -0.151. The van der Waals surface area contributed by atoms with Crippen LogP contribution in [0.4, 0.5) is 33.2 Å². The Hall–Kier alpha value is -3.58. The average Bonchev–Trinajstić information content (AvgIpc) is 3.35. The molecule has 2 aromatic heterocycles. The number of unbranched alkanes of at least 4 members (excludes halogenated alkanes) is 5. The minimum atomic E-state index is -4.71. The van der Waals surface area contributed by atoms with Crippen LogP contribution in [-0.4, -0.2) is 35.4 Å². The fourth-order valence-electron chi connectivity index (χ4n) is 4.17. The minimum Gasteiger partial charge on any atom is -0.428 e. The first-order valence-corrected chi connectivity index (χ1v) is 14.6.